The van der Waals surface area contributed by atoms with Gasteiger partial charge in [0.05, 0.1) is 7.11 Å². The SMILES string of the molecule is CCc1ccc2c(CN3CCC[C@H]3c3cccc(OC)c3)cc(=O)oc2c1. The zero-order valence-corrected chi connectivity index (χ0v) is 15.9. The number of rotatable bonds is 5. The fraction of sp³-hybridized carbons (Fsp3) is 0.348. The van der Waals surface area contributed by atoms with Crippen LogP contribution in [0, 0.1) is 0 Å². The highest BCUT2D eigenvalue weighted by Gasteiger charge is 2.27. The summed E-state index contributed by atoms with van der Waals surface area (Å²) in [6, 6.07) is 16.5. The molecule has 0 spiro atoms. The van der Waals surface area contributed by atoms with E-state index >= 15 is 0 Å². The molecule has 27 heavy (non-hydrogen) atoms. The molecule has 1 atom stereocenters. The van der Waals surface area contributed by atoms with Crippen molar-refractivity contribution in [1.29, 1.82) is 0 Å². The molecule has 0 aliphatic carbocycles. The predicted octanol–water partition coefficient (Wildman–Crippen LogP) is 4.70. The molecule has 0 saturated carbocycles. The van der Waals surface area contributed by atoms with E-state index in [1.165, 1.54) is 11.1 Å². The predicted molar refractivity (Wildman–Crippen MR) is 107 cm³/mol. The van der Waals surface area contributed by atoms with Gasteiger partial charge in [0.1, 0.15) is 11.3 Å². The van der Waals surface area contributed by atoms with Gasteiger partial charge < -0.3 is 9.15 Å². The normalized spacial score (nSPS) is 17.5. The third-order valence-electron chi connectivity index (χ3n) is 5.52. The summed E-state index contributed by atoms with van der Waals surface area (Å²) in [4.78, 5) is 14.6. The first-order chi connectivity index (χ1) is 13.2. The van der Waals surface area contributed by atoms with Gasteiger partial charge in [0.2, 0.25) is 0 Å². The molecule has 0 radical (unpaired) electrons. The van der Waals surface area contributed by atoms with Crippen LogP contribution in [0.1, 0.15) is 42.5 Å². The van der Waals surface area contributed by atoms with Crippen molar-refractivity contribution in [2.45, 2.75) is 38.8 Å². The molecular weight excluding hydrogens is 338 g/mol. The highest BCUT2D eigenvalue weighted by molar-refractivity contribution is 5.80. The van der Waals surface area contributed by atoms with E-state index in [2.05, 4.69) is 36.1 Å². The van der Waals surface area contributed by atoms with Crippen molar-refractivity contribution in [1.82, 2.24) is 4.90 Å². The maximum Gasteiger partial charge on any atom is 0.336 e. The summed E-state index contributed by atoms with van der Waals surface area (Å²) in [5, 5.41) is 1.03. The minimum Gasteiger partial charge on any atom is -0.497 e. The number of hydrogen-bond donors (Lipinski definition) is 0. The number of aryl methyl sites for hydroxylation is 1. The first-order valence-electron chi connectivity index (χ1n) is 9.61. The number of ether oxygens (including phenoxy) is 1. The average molecular weight is 363 g/mol. The first-order valence-corrected chi connectivity index (χ1v) is 9.61. The quantitative estimate of drug-likeness (QED) is 0.616. The van der Waals surface area contributed by atoms with Crippen molar-refractivity contribution in [2.75, 3.05) is 13.7 Å². The van der Waals surface area contributed by atoms with Crippen molar-refractivity contribution in [3.63, 3.8) is 0 Å². The van der Waals surface area contributed by atoms with Crippen LogP contribution in [0.5, 0.6) is 5.75 Å². The Balaban J connectivity index is 1.67. The van der Waals surface area contributed by atoms with E-state index < -0.39 is 0 Å². The summed E-state index contributed by atoms with van der Waals surface area (Å²) < 4.78 is 10.9. The molecular formula is C23H25NO3. The monoisotopic (exact) mass is 363 g/mol. The Morgan fingerprint density at radius 2 is 2.07 bits per heavy atom. The standard InChI is InChI=1S/C23H25NO3/c1-3-16-9-10-20-18(14-23(25)27-22(20)12-16)15-24-11-5-8-21(24)17-6-4-7-19(13-17)26-2/h4,6-7,9-10,12-14,21H,3,5,8,11,15H2,1-2H3/t21-/m0/s1. The molecule has 1 aliphatic heterocycles. The molecule has 4 heteroatoms. The van der Waals surface area contributed by atoms with Gasteiger partial charge in [0.15, 0.2) is 0 Å². The van der Waals surface area contributed by atoms with E-state index in [0.29, 0.717) is 11.6 Å². The Kier molecular flexibility index (Phi) is 4.99. The van der Waals surface area contributed by atoms with E-state index in [1.54, 1.807) is 13.2 Å². The second-order valence-electron chi connectivity index (χ2n) is 7.18. The largest absolute Gasteiger partial charge is 0.497 e. The van der Waals surface area contributed by atoms with Gasteiger partial charge in [0.25, 0.3) is 0 Å². The van der Waals surface area contributed by atoms with Crippen LogP contribution in [-0.4, -0.2) is 18.6 Å². The third-order valence-corrected chi connectivity index (χ3v) is 5.52. The number of nitrogens with zero attached hydrogens (tertiary/aromatic N) is 1. The molecule has 1 saturated heterocycles. The van der Waals surface area contributed by atoms with Crippen molar-refractivity contribution in [3.05, 3.63) is 75.6 Å². The van der Waals surface area contributed by atoms with E-state index in [1.807, 2.05) is 18.2 Å². The molecule has 140 valence electrons. The zero-order chi connectivity index (χ0) is 18.8. The van der Waals surface area contributed by atoms with Crippen LogP contribution in [-0.2, 0) is 13.0 Å². The lowest BCUT2D eigenvalue weighted by Gasteiger charge is -2.25. The Bertz CT molecular complexity index is 1010. The van der Waals surface area contributed by atoms with Crippen molar-refractivity contribution in [2.24, 2.45) is 0 Å². The van der Waals surface area contributed by atoms with Crippen LogP contribution < -0.4 is 10.4 Å². The van der Waals surface area contributed by atoms with E-state index in [-0.39, 0.29) is 5.63 Å². The number of hydrogen-bond acceptors (Lipinski definition) is 4. The Labute approximate surface area is 159 Å². The summed E-state index contributed by atoms with van der Waals surface area (Å²) in [6.45, 7) is 3.87. The van der Waals surface area contributed by atoms with Gasteiger partial charge in [-0.2, -0.15) is 0 Å². The Hall–Kier alpha value is -2.59. The second-order valence-corrected chi connectivity index (χ2v) is 7.18. The fourth-order valence-electron chi connectivity index (χ4n) is 4.09. The molecule has 4 nitrogen and oxygen atoms in total. The van der Waals surface area contributed by atoms with Crippen LogP contribution in [0.2, 0.25) is 0 Å². The molecule has 1 fully saturated rings. The van der Waals surface area contributed by atoms with Crippen molar-refractivity contribution < 1.29 is 9.15 Å². The Morgan fingerprint density at radius 3 is 2.89 bits per heavy atom. The van der Waals surface area contributed by atoms with Gasteiger partial charge in [-0.3, -0.25) is 4.90 Å². The molecule has 3 aromatic rings. The topological polar surface area (TPSA) is 42.7 Å². The fourth-order valence-corrected chi connectivity index (χ4v) is 4.09. The van der Waals surface area contributed by atoms with Crippen LogP contribution >= 0.6 is 0 Å². The minimum absolute atomic E-state index is 0.275. The van der Waals surface area contributed by atoms with E-state index in [9.17, 15) is 4.79 Å². The molecule has 0 bridgehead atoms. The van der Waals surface area contributed by atoms with Crippen LogP contribution in [0.15, 0.2) is 57.7 Å². The second kappa shape index (κ2) is 7.57. The summed E-state index contributed by atoms with van der Waals surface area (Å²) in [6.07, 6.45) is 3.20. The number of benzene rings is 2. The summed E-state index contributed by atoms with van der Waals surface area (Å²) >= 11 is 0. The van der Waals surface area contributed by atoms with Crippen molar-refractivity contribution >= 4 is 11.0 Å². The lowest BCUT2D eigenvalue weighted by atomic mass is 10.0. The average Bonchev–Trinajstić information content (AvgIpc) is 3.15. The first kappa shape index (κ1) is 17.8. The molecule has 0 unspecified atom stereocenters. The molecule has 1 aromatic heterocycles. The van der Waals surface area contributed by atoms with Gasteiger partial charge in [0, 0.05) is 24.0 Å². The maximum absolute atomic E-state index is 12.1. The highest BCUT2D eigenvalue weighted by atomic mass is 16.5. The molecule has 0 amide bonds. The molecule has 2 aromatic carbocycles. The summed E-state index contributed by atoms with van der Waals surface area (Å²) in [7, 11) is 1.70. The van der Waals surface area contributed by atoms with Gasteiger partial charge in [-0.05, 0) is 60.7 Å². The summed E-state index contributed by atoms with van der Waals surface area (Å²) in [5.41, 5.74) is 3.90. The third kappa shape index (κ3) is 3.62. The van der Waals surface area contributed by atoms with Gasteiger partial charge >= 0.3 is 5.63 Å². The lowest BCUT2D eigenvalue weighted by molar-refractivity contribution is 0.248. The van der Waals surface area contributed by atoms with Gasteiger partial charge in [-0.15, -0.1) is 0 Å². The Morgan fingerprint density at radius 1 is 1.19 bits per heavy atom. The number of likely N-dealkylation sites (tertiary alicyclic amines) is 1. The number of methoxy groups -OCH3 is 1. The molecule has 0 N–H and O–H groups in total. The van der Waals surface area contributed by atoms with E-state index in [0.717, 1.165) is 49.1 Å². The lowest BCUT2D eigenvalue weighted by Crippen LogP contribution is -2.23. The number of fused-ring (bicyclic) bond motifs is 1. The van der Waals surface area contributed by atoms with Crippen molar-refractivity contribution in [3.8, 4) is 5.75 Å². The molecule has 2 heterocycles. The van der Waals surface area contributed by atoms with Crippen LogP contribution in [0.3, 0.4) is 0 Å². The minimum atomic E-state index is -0.275. The maximum atomic E-state index is 12.1. The van der Waals surface area contributed by atoms with Gasteiger partial charge in [-0.1, -0.05) is 31.2 Å². The summed E-state index contributed by atoms with van der Waals surface area (Å²) in [5.74, 6) is 0.886. The smallest absolute Gasteiger partial charge is 0.336 e. The van der Waals surface area contributed by atoms with E-state index in [4.69, 9.17) is 9.15 Å². The molecule has 4 rings (SSSR count). The highest BCUT2D eigenvalue weighted by Crippen LogP contribution is 2.35. The van der Waals surface area contributed by atoms with Gasteiger partial charge in [-0.25, -0.2) is 4.79 Å². The molecule has 1 aliphatic rings. The van der Waals surface area contributed by atoms with Crippen LogP contribution in [0.4, 0.5) is 0 Å². The van der Waals surface area contributed by atoms with Crippen LogP contribution in [0.25, 0.3) is 11.0 Å². The zero-order valence-electron chi connectivity index (χ0n) is 15.9.